The molecular formula is C15H22FNO3. The predicted molar refractivity (Wildman–Crippen MR) is 74.1 cm³/mol. The van der Waals surface area contributed by atoms with Crippen LogP contribution in [-0.4, -0.2) is 36.5 Å². The minimum atomic E-state index is -1.15. The van der Waals surface area contributed by atoms with E-state index in [1.807, 2.05) is 0 Å². The summed E-state index contributed by atoms with van der Waals surface area (Å²) in [5.41, 5.74) is 0.314. The average molecular weight is 283 g/mol. The van der Waals surface area contributed by atoms with Crippen LogP contribution in [0.15, 0.2) is 18.2 Å². The van der Waals surface area contributed by atoms with Crippen molar-refractivity contribution in [2.24, 2.45) is 5.92 Å². The van der Waals surface area contributed by atoms with Gasteiger partial charge in [-0.05, 0) is 57.0 Å². The van der Waals surface area contributed by atoms with E-state index in [1.165, 1.54) is 18.2 Å². The van der Waals surface area contributed by atoms with Crippen LogP contribution in [0, 0.1) is 11.7 Å². The maximum Gasteiger partial charge on any atom is 0.125 e. The summed E-state index contributed by atoms with van der Waals surface area (Å²) in [7, 11) is 1.77. The molecule has 0 aromatic heterocycles. The van der Waals surface area contributed by atoms with Gasteiger partial charge in [0.1, 0.15) is 17.7 Å². The van der Waals surface area contributed by atoms with E-state index < -0.39 is 18.0 Å². The highest BCUT2D eigenvalue weighted by atomic mass is 19.1. The molecule has 3 N–H and O–H groups in total. The molecule has 1 aromatic rings. The summed E-state index contributed by atoms with van der Waals surface area (Å²) < 4.78 is 19.0. The molecule has 20 heavy (non-hydrogen) atoms. The molecule has 5 heteroatoms. The van der Waals surface area contributed by atoms with Crippen LogP contribution in [0.3, 0.4) is 0 Å². The Morgan fingerprint density at radius 2 is 2.15 bits per heavy atom. The Morgan fingerprint density at radius 1 is 1.40 bits per heavy atom. The molecule has 0 spiro atoms. The van der Waals surface area contributed by atoms with Gasteiger partial charge in [-0.3, -0.25) is 0 Å². The van der Waals surface area contributed by atoms with E-state index in [1.54, 1.807) is 7.05 Å². The number of hydrogen-bond donors (Lipinski definition) is 3. The molecule has 0 heterocycles. The van der Waals surface area contributed by atoms with Gasteiger partial charge in [0, 0.05) is 5.56 Å². The molecule has 4 nitrogen and oxygen atoms in total. The van der Waals surface area contributed by atoms with Crippen LogP contribution in [0.4, 0.5) is 4.39 Å². The number of aliphatic hydroxyl groups excluding tert-OH is 2. The van der Waals surface area contributed by atoms with Crippen molar-refractivity contribution in [1.82, 2.24) is 5.32 Å². The third-order valence-corrected chi connectivity index (χ3v) is 3.52. The standard InChI is InChI=1S/C15H22FNO3/c1-17-7-6-13(18)15(19)12-8-11(16)4-5-14(12)20-9-10-2-3-10/h4-5,8,10,13,15,17-19H,2-3,6-7,9H2,1H3. The highest BCUT2D eigenvalue weighted by molar-refractivity contribution is 5.36. The minimum absolute atomic E-state index is 0.314. The molecule has 1 fully saturated rings. The Morgan fingerprint density at radius 3 is 2.80 bits per heavy atom. The summed E-state index contributed by atoms with van der Waals surface area (Å²) in [4.78, 5) is 0. The molecular weight excluding hydrogens is 261 g/mol. The van der Waals surface area contributed by atoms with Crippen molar-refractivity contribution in [3.8, 4) is 5.75 Å². The second-order valence-electron chi connectivity index (χ2n) is 5.34. The molecule has 0 saturated heterocycles. The highest BCUT2D eigenvalue weighted by Gasteiger charge is 2.25. The van der Waals surface area contributed by atoms with Crippen molar-refractivity contribution in [3.05, 3.63) is 29.6 Å². The second kappa shape index (κ2) is 7.02. The van der Waals surface area contributed by atoms with Gasteiger partial charge in [0.15, 0.2) is 0 Å². The number of benzene rings is 1. The van der Waals surface area contributed by atoms with E-state index >= 15 is 0 Å². The smallest absolute Gasteiger partial charge is 0.125 e. The number of rotatable bonds is 8. The lowest BCUT2D eigenvalue weighted by Gasteiger charge is -2.21. The van der Waals surface area contributed by atoms with Gasteiger partial charge in [-0.2, -0.15) is 0 Å². The van der Waals surface area contributed by atoms with Crippen LogP contribution in [0.5, 0.6) is 5.75 Å². The van der Waals surface area contributed by atoms with Gasteiger partial charge >= 0.3 is 0 Å². The van der Waals surface area contributed by atoms with Gasteiger partial charge in [0.25, 0.3) is 0 Å². The summed E-state index contributed by atoms with van der Waals surface area (Å²) in [5, 5.41) is 23.0. The quantitative estimate of drug-likeness (QED) is 0.678. The first-order chi connectivity index (χ1) is 9.61. The SMILES string of the molecule is CNCCC(O)C(O)c1cc(F)ccc1OCC1CC1. The third-order valence-electron chi connectivity index (χ3n) is 3.52. The number of ether oxygens (including phenoxy) is 1. The van der Waals surface area contributed by atoms with Crippen LogP contribution < -0.4 is 10.1 Å². The molecule has 1 aliphatic rings. The fourth-order valence-corrected chi connectivity index (χ4v) is 2.03. The lowest BCUT2D eigenvalue weighted by molar-refractivity contribution is 0.0121. The monoisotopic (exact) mass is 283 g/mol. The molecule has 2 unspecified atom stereocenters. The first kappa shape index (κ1) is 15.2. The molecule has 1 saturated carbocycles. The van der Waals surface area contributed by atoms with Crippen LogP contribution in [-0.2, 0) is 0 Å². The summed E-state index contributed by atoms with van der Waals surface area (Å²) in [6, 6.07) is 4.05. The molecule has 0 aliphatic heterocycles. The zero-order chi connectivity index (χ0) is 14.5. The largest absolute Gasteiger partial charge is 0.493 e. The molecule has 2 atom stereocenters. The van der Waals surface area contributed by atoms with Crippen molar-refractivity contribution in [2.75, 3.05) is 20.2 Å². The molecule has 0 bridgehead atoms. The molecule has 2 rings (SSSR count). The van der Waals surface area contributed by atoms with Crippen molar-refractivity contribution < 1.29 is 19.3 Å². The Kier molecular flexibility index (Phi) is 5.34. The maximum atomic E-state index is 13.4. The van der Waals surface area contributed by atoms with Gasteiger partial charge < -0.3 is 20.3 Å². The number of aliphatic hydroxyl groups is 2. The number of nitrogens with one attached hydrogen (secondary N) is 1. The molecule has 1 aliphatic carbocycles. The van der Waals surface area contributed by atoms with E-state index in [0.717, 1.165) is 12.8 Å². The fourth-order valence-electron chi connectivity index (χ4n) is 2.03. The van der Waals surface area contributed by atoms with Crippen LogP contribution in [0.25, 0.3) is 0 Å². The average Bonchev–Trinajstić information content (AvgIpc) is 3.26. The lowest BCUT2D eigenvalue weighted by atomic mass is 10.0. The van der Waals surface area contributed by atoms with Gasteiger partial charge in [0.05, 0.1) is 12.7 Å². The Hall–Kier alpha value is -1.17. The zero-order valence-electron chi connectivity index (χ0n) is 11.7. The molecule has 0 radical (unpaired) electrons. The lowest BCUT2D eigenvalue weighted by Crippen LogP contribution is -2.24. The zero-order valence-corrected chi connectivity index (χ0v) is 11.7. The van der Waals surface area contributed by atoms with Gasteiger partial charge in [-0.1, -0.05) is 0 Å². The molecule has 0 amide bonds. The van der Waals surface area contributed by atoms with Crippen molar-refractivity contribution >= 4 is 0 Å². The normalized spacial score (nSPS) is 17.8. The van der Waals surface area contributed by atoms with Crippen molar-refractivity contribution in [1.29, 1.82) is 0 Å². The van der Waals surface area contributed by atoms with E-state index in [4.69, 9.17) is 4.74 Å². The van der Waals surface area contributed by atoms with E-state index in [0.29, 0.717) is 36.8 Å². The molecule has 1 aromatic carbocycles. The second-order valence-corrected chi connectivity index (χ2v) is 5.34. The summed E-state index contributed by atoms with van der Waals surface area (Å²) in [5.74, 6) is 0.576. The predicted octanol–water partition coefficient (Wildman–Crippen LogP) is 1.62. The maximum absolute atomic E-state index is 13.4. The fraction of sp³-hybridized carbons (Fsp3) is 0.600. The third kappa shape index (κ3) is 4.16. The Labute approximate surface area is 118 Å². The Bertz CT molecular complexity index is 437. The van der Waals surface area contributed by atoms with Crippen LogP contribution >= 0.6 is 0 Å². The minimum Gasteiger partial charge on any atom is -0.493 e. The number of hydrogen-bond acceptors (Lipinski definition) is 4. The van der Waals surface area contributed by atoms with Crippen LogP contribution in [0.2, 0.25) is 0 Å². The van der Waals surface area contributed by atoms with Gasteiger partial charge in [-0.25, -0.2) is 4.39 Å². The van der Waals surface area contributed by atoms with E-state index in [2.05, 4.69) is 5.32 Å². The first-order valence-corrected chi connectivity index (χ1v) is 7.04. The first-order valence-electron chi connectivity index (χ1n) is 7.04. The van der Waals surface area contributed by atoms with Gasteiger partial charge in [0.2, 0.25) is 0 Å². The Balaban J connectivity index is 2.07. The van der Waals surface area contributed by atoms with E-state index in [-0.39, 0.29) is 0 Å². The number of halogens is 1. The summed E-state index contributed by atoms with van der Waals surface area (Å²) in [6.45, 7) is 1.16. The highest BCUT2D eigenvalue weighted by Crippen LogP contribution is 2.33. The van der Waals surface area contributed by atoms with Crippen molar-refractivity contribution in [2.45, 2.75) is 31.5 Å². The van der Waals surface area contributed by atoms with Crippen molar-refractivity contribution in [3.63, 3.8) is 0 Å². The van der Waals surface area contributed by atoms with E-state index in [9.17, 15) is 14.6 Å². The van der Waals surface area contributed by atoms with Crippen LogP contribution in [0.1, 0.15) is 30.9 Å². The summed E-state index contributed by atoms with van der Waals surface area (Å²) in [6.07, 6.45) is 0.602. The topological polar surface area (TPSA) is 61.7 Å². The summed E-state index contributed by atoms with van der Waals surface area (Å²) >= 11 is 0. The van der Waals surface area contributed by atoms with Gasteiger partial charge in [-0.15, -0.1) is 0 Å². The molecule has 112 valence electrons.